The number of furan rings is 1. The third-order valence-corrected chi connectivity index (χ3v) is 11.3. The highest BCUT2D eigenvalue weighted by Crippen LogP contribution is 2.60. The van der Waals surface area contributed by atoms with Crippen molar-refractivity contribution in [3.05, 3.63) is 216 Å². The van der Waals surface area contributed by atoms with Gasteiger partial charge in [0.05, 0.1) is 5.41 Å². The summed E-state index contributed by atoms with van der Waals surface area (Å²) in [6.07, 6.45) is 0. The lowest BCUT2D eigenvalue weighted by atomic mass is 9.67. The molecule has 0 atom stereocenters. The highest BCUT2D eigenvalue weighted by atomic mass is 16.3. The molecule has 0 spiro atoms. The van der Waals surface area contributed by atoms with E-state index in [0.29, 0.717) is 0 Å². The van der Waals surface area contributed by atoms with Crippen molar-refractivity contribution in [2.75, 3.05) is 0 Å². The van der Waals surface area contributed by atoms with Gasteiger partial charge in [0.15, 0.2) is 0 Å². The molecule has 0 amide bonds. The molecule has 11 rings (SSSR count). The topological polar surface area (TPSA) is 13.1 Å². The van der Waals surface area contributed by atoms with E-state index in [4.69, 9.17) is 4.42 Å². The van der Waals surface area contributed by atoms with Gasteiger partial charge in [-0.15, -0.1) is 0 Å². The lowest BCUT2D eigenvalue weighted by Crippen LogP contribution is -2.28. The Morgan fingerprint density at radius 3 is 1.77 bits per heavy atom. The standard InChI is InChI=1S/C51H32O/c1-4-16-34(17-5-1)47-39-23-12-11-18-35(39)32-45-49(47)42-29-28-36(31-44(42)51(45,37-19-6-2-7-20-37)38-21-8-3-9-22-38)40-25-14-26-46-48(40)43-30-27-33-15-10-13-24-41(33)50(43)52-46/h1-32H. The van der Waals surface area contributed by atoms with Crippen LogP contribution in [-0.4, -0.2) is 0 Å². The average molecular weight is 661 g/mol. The van der Waals surface area contributed by atoms with Gasteiger partial charge in [-0.2, -0.15) is 0 Å². The minimum Gasteiger partial charge on any atom is -0.455 e. The van der Waals surface area contributed by atoms with Gasteiger partial charge >= 0.3 is 0 Å². The van der Waals surface area contributed by atoms with Crippen LogP contribution in [0.1, 0.15) is 22.3 Å². The average Bonchev–Trinajstić information content (AvgIpc) is 3.75. The molecule has 0 bridgehead atoms. The van der Waals surface area contributed by atoms with Crippen molar-refractivity contribution >= 4 is 43.5 Å². The van der Waals surface area contributed by atoms with Gasteiger partial charge in [0, 0.05) is 16.2 Å². The van der Waals surface area contributed by atoms with Crippen LogP contribution < -0.4 is 0 Å². The molecule has 1 nitrogen and oxygen atoms in total. The van der Waals surface area contributed by atoms with Gasteiger partial charge in [0.25, 0.3) is 0 Å². The molecule has 0 saturated heterocycles. The predicted molar refractivity (Wildman–Crippen MR) is 217 cm³/mol. The Bertz CT molecular complexity index is 2950. The molecule has 9 aromatic carbocycles. The normalized spacial score (nSPS) is 13.2. The molecule has 0 radical (unpaired) electrons. The monoisotopic (exact) mass is 660 g/mol. The van der Waals surface area contributed by atoms with Crippen molar-refractivity contribution in [2.45, 2.75) is 5.41 Å². The van der Waals surface area contributed by atoms with E-state index >= 15 is 0 Å². The molecular formula is C51H32O. The Hall–Kier alpha value is -6.70. The van der Waals surface area contributed by atoms with Gasteiger partial charge in [-0.25, -0.2) is 0 Å². The summed E-state index contributed by atoms with van der Waals surface area (Å²) >= 11 is 0. The van der Waals surface area contributed by atoms with Crippen LogP contribution in [0.2, 0.25) is 0 Å². The van der Waals surface area contributed by atoms with Crippen LogP contribution in [0, 0.1) is 0 Å². The summed E-state index contributed by atoms with van der Waals surface area (Å²) in [5.41, 5.74) is 13.8. The first-order valence-corrected chi connectivity index (χ1v) is 18.0. The summed E-state index contributed by atoms with van der Waals surface area (Å²) in [7, 11) is 0. The van der Waals surface area contributed by atoms with Crippen LogP contribution in [0.5, 0.6) is 0 Å². The largest absolute Gasteiger partial charge is 0.455 e. The highest BCUT2D eigenvalue weighted by molar-refractivity contribution is 6.19. The summed E-state index contributed by atoms with van der Waals surface area (Å²) in [6, 6.07) is 71.1. The highest BCUT2D eigenvalue weighted by Gasteiger charge is 2.47. The summed E-state index contributed by atoms with van der Waals surface area (Å²) in [5.74, 6) is 0. The van der Waals surface area contributed by atoms with Crippen molar-refractivity contribution in [1.29, 1.82) is 0 Å². The third kappa shape index (κ3) is 3.99. The number of hydrogen-bond donors (Lipinski definition) is 0. The van der Waals surface area contributed by atoms with E-state index < -0.39 is 5.41 Å². The fourth-order valence-electron chi connectivity index (χ4n) is 9.17. The molecule has 10 aromatic rings. The maximum Gasteiger partial charge on any atom is 0.143 e. The van der Waals surface area contributed by atoms with E-state index in [1.807, 2.05) is 0 Å². The van der Waals surface area contributed by atoms with Gasteiger partial charge in [0.1, 0.15) is 11.2 Å². The molecule has 1 heteroatoms. The Balaban J connectivity index is 1.29. The van der Waals surface area contributed by atoms with E-state index in [1.54, 1.807) is 0 Å². The molecule has 1 aromatic heterocycles. The second kappa shape index (κ2) is 11.2. The lowest BCUT2D eigenvalue weighted by Gasteiger charge is -2.34. The van der Waals surface area contributed by atoms with Crippen LogP contribution in [0.15, 0.2) is 199 Å². The second-order valence-electron chi connectivity index (χ2n) is 13.9. The van der Waals surface area contributed by atoms with E-state index in [1.165, 1.54) is 71.8 Å². The molecule has 242 valence electrons. The smallest absolute Gasteiger partial charge is 0.143 e. The minimum atomic E-state index is -0.556. The third-order valence-electron chi connectivity index (χ3n) is 11.3. The molecular weight excluding hydrogens is 629 g/mol. The van der Waals surface area contributed by atoms with Crippen molar-refractivity contribution < 1.29 is 4.42 Å². The van der Waals surface area contributed by atoms with Crippen LogP contribution in [0.4, 0.5) is 0 Å². The van der Waals surface area contributed by atoms with Crippen LogP contribution in [0.25, 0.3) is 76.9 Å². The second-order valence-corrected chi connectivity index (χ2v) is 13.9. The van der Waals surface area contributed by atoms with Gasteiger partial charge in [-0.3, -0.25) is 0 Å². The summed E-state index contributed by atoms with van der Waals surface area (Å²) in [5, 5.41) is 7.12. The zero-order valence-electron chi connectivity index (χ0n) is 28.4. The maximum atomic E-state index is 6.66. The Labute approximate surface area is 302 Å². The molecule has 0 aliphatic heterocycles. The number of fused-ring (bicyclic) bond motifs is 9. The maximum absolute atomic E-state index is 6.66. The van der Waals surface area contributed by atoms with Crippen LogP contribution >= 0.6 is 0 Å². The van der Waals surface area contributed by atoms with Gasteiger partial charge in [0.2, 0.25) is 0 Å². The molecule has 0 fully saturated rings. The van der Waals surface area contributed by atoms with Gasteiger partial charge < -0.3 is 4.42 Å². The van der Waals surface area contributed by atoms with E-state index in [-0.39, 0.29) is 0 Å². The predicted octanol–water partition coefficient (Wildman–Crippen LogP) is 13.6. The fourth-order valence-corrected chi connectivity index (χ4v) is 9.17. The summed E-state index contributed by atoms with van der Waals surface area (Å²) in [6.45, 7) is 0. The molecule has 0 saturated carbocycles. The summed E-state index contributed by atoms with van der Waals surface area (Å²) in [4.78, 5) is 0. The minimum absolute atomic E-state index is 0.556. The molecule has 1 heterocycles. The van der Waals surface area contributed by atoms with Crippen molar-refractivity contribution in [3.8, 4) is 33.4 Å². The fraction of sp³-hybridized carbons (Fsp3) is 0.0196. The molecule has 0 N–H and O–H groups in total. The Morgan fingerprint density at radius 1 is 0.365 bits per heavy atom. The summed E-state index contributed by atoms with van der Waals surface area (Å²) < 4.78 is 6.66. The number of hydrogen-bond acceptors (Lipinski definition) is 1. The van der Waals surface area contributed by atoms with Crippen LogP contribution in [-0.2, 0) is 5.41 Å². The SMILES string of the molecule is c1ccc(-c2c3c(cc4ccccc24)C(c2ccccc2)(c2ccccc2)c2cc(-c4cccc5oc6c7ccccc7ccc6c45)ccc2-3)cc1. The van der Waals surface area contributed by atoms with Gasteiger partial charge in [-0.1, -0.05) is 170 Å². The lowest BCUT2D eigenvalue weighted by molar-refractivity contribution is 0.673. The zero-order valence-corrected chi connectivity index (χ0v) is 28.4. The first-order chi connectivity index (χ1) is 25.8. The van der Waals surface area contributed by atoms with E-state index in [0.717, 1.165) is 27.3 Å². The van der Waals surface area contributed by atoms with Crippen molar-refractivity contribution in [3.63, 3.8) is 0 Å². The first-order valence-electron chi connectivity index (χ1n) is 18.0. The quantitative estimate of drug-likeness (QED) is 0.183. The van der Waals surface area contributed by atoms with E-state index in [9.17, 15) is 0 Å². The first kappa shape index (κ1) is 29.1. The molecule has 1 aliphatic rings. The molecule has 52 heavy (non-hydrogen) atoms. The molecule has 0 unspecified atom stereocenters. The number of rotatable bonds is 4. The Kier molecular flexibility index (Phi) is 6.23. The van der Waals surface area contributed by atoms with Gasteiger partial charge in [-0.05, 0) is 96.1 Å². The van der Waals surface area contributed by atoms with E-state index in [2.05, 4.69) is 194 Å². The zero-order chi connectivity index (χ0) is 34.2. The van der Waals surface area contributed by atoms with Crippen molar-refractivity contribution in [2.24, 2.45) is 0 Å². The Morgan fingerprint density at radius 2 is 1.02 bits per heavy atom. The van der Waals surface area contributed by atoms with Crippen molar-refractivity contribution in [1.82, 2.24) is 0 Å². The molecule has 1 aliphatic carbocycles. The number of benzene rings is 9. The van der Waals surface area contributed by atoms with Crippen LogP contribution in [0.3, 0.4) is 0 Å².